The first-order valence-electron chi connectivity index (χ1n) is 4.88. The fraction of sp³-hybridized carbons (Fsp3) is 0.364. The molecule has 0 radical (unpaired) electrons. The summed E-state index contributed by atoms with van der Waals surface area (Å²) in [5.41, 5.74) is 0.376. The fourth-order valence-corrected chi connectivity index (χ4v) is 1.12. The Labute approximate surface area is 96.8 Å². The summed E-state index contributed by atoms with van der Waals surface area (Å²) in [6.45, 7) is -1.66. The monoisotopic (exact) mass is 246 g/mol. The zero-order valence-corrected chi connectivity index (χ0v) is 9.10. The lowest BCUT2D eigenvalue weighted by Gasteiger charge is -2.12. The largest absolute Gasteiger partial charge is 0.479 e. The van der Waals surface area contributed by atoms with E-state index < -0.39 is 18.7 Å². The van der Waals surface area contributed by atoms with Gasteiger partial charge in [0.2, 0.25) is 0 Å². The molecule has 0 saturated carbocycles. The number of alkyl halides is 2. The molecule has 0 amide bonds. The van der Waals surface area contributed by atoms with Gasteiger partial charge in [0.05, 0.1) is 6.61 Å². The van der Waals surface area contributed by atoms with E-state index >= 15 is 0 Å². The fourth-order valence-electron chi connectivity index (χ4n) is 1.12. The number of carboxylic acid groups (broad SMARTS) is 1. The standard InChI is InChI=1S/C11H12F2O4/c1-7(10(14)15)16-6-8-4-2-3-5-9(8)17-11(12)13/h2-5,7,11H,6H2,1H3,(H,14,15). The number of hydrogen-bond donors (Lipinski definition) is 1. The van der Waals surface area contributed by atoms with E-state index in [1.54, 1.807) is 12.1 Å². The van der Waals surface area contributed by atoms with Crippen LogP contribution in [0.5, 0.6) is 5.75 Å². The molecule has 0 heterocycles. The molecule has 0 saturated heterocycles. The second-order valence-corrected chi connectivity index (χ2v) is 3.28. The zero-order valence-electron chi connectivity index (χ0n) is 9.10. The number of halogens is 2. The van der Waals surface area contributed by atoms with E-state index in [0.717, 1.165) is 0 Å². The van der Waals surface area contributed by atoms with Crippen LogP contribution < -0.4 is 4.74 Å². The van der Waals surface area contributed by atoms with Gasteiger partial charge in [-0.1, -0.05) is 18.2 Å². The summed E-state index contributed by atoms with van der Waals surface area (Å²) in [6, 6.07) is 6.08. The van der Waals surface area contributed by atoms with Gasteiger partial charge >= 0.3 is 12.6 Å². The SMILES string of the molecule is CC(OCc1ccccc1OC(F)F)C(=O)O. The van der Waals surface area contributed by atoms with Crippen molar-refractivity contribution in [2.45, 2.75) is 26.2 Å². The summed E-state index contributed by atoms with van der Waals surface area (Å²) in [4.78, 5) is 10.5. The molecule has 1 aromatic carbocycles. The number of rotatable bonds is 6. The molecule has 0 spiro atoms. The first-order valence-corrected chi connectivity index (χ1v) is 4.88. The number of ether oxygens (including phenoxy) is 2. The molecule has 0 aromatic heterocycles. The van der Waals surface area contributed by atoms with Crippen molar-refractivity contribution < 1.29 is 28.2 Å². The molecule has 0 aliphatic carbocycles. The van der Waals surface area contributed by atoms with Gasteiger partial charge in [-0.25, -0.2) is 4.79 Å². The van der Waals surface area contributed by atoms with Gasteiger partial charge in [-0.3, -0.25) is 0 Å². The molecule has 1 aromatic rings. The van der Waals surface area contributed by atoms with Crippen molar-refractivity contribution in [2.75, 3.05) is 0 Å². The van der Waals surface area contributed by atoms with Crippen LogP contribution in [0.4, 0.5) is 8.78 Å². The van der Waals surface area contributed by atoms with Crippen molar-refractivity contribution in [3.63, 3.8) is 0 Å². The van der Waals surface area contributed by atoms with Gasteiger partial charge in [0.25, 0.3) is 0 Å². The third-order valence-corrected chi connectivity index (χ3v) is 2.03. The Hall–Kier alpha value is -1.69. The first kappa shape index (κ1) is 13.4. The summed E-state index contributed by atoms with van der Waals surface area (Å²) in [5.74, 6) is -1.13. The van der Waals surface area contributed by atoms with Crippen molar-refractivity contribution in [1.29, 1.82) is 0 Å². The molecular weight excluding hydrogens is 234 g/mol. The van der Waals surface area contributed by atoms with Gasteiger partial charge in [-0.15, -0.1) is 0 Å². The van der Waals surface area contributed by atoms with E-state index in [1.807, 2.05) is 0 Å². The minimum Gasteiger partial charge on any atom is -0.479 e. The topological polar surface area (TPSA) is 55.8 Å². The van der Waals surface area contributed by atoms with Gasteiger partial charge in [0, 0.05) is 5.56 Å². The maximum atomic E-state index is 12.1. The third kappa shape index (κ3) is 4.36. The summed E-state index contributed by atoms with van der Waals surface area (Å²) in [6.07, 6.45) is -1.00. The Morgan fingerprint density at radius 3 is 2.65 bits per heavy atom. The van der Waals surface area contributed by atoms with Crippen LogP contribution in [0.3, 0.4) is 0 Å². The van der Waals surface area contributed by atoms with Gasteiger partial charge in [0.1, 0.15) is 5.75 Å². The quantitative estimate of drug-likeness (QED) is 0.836. The Balaban J connectivity index is 2.66. The van der Waals surface area contributed by atoms with Crippen LogP contribution >= 0.6 is 0 Å². The van der Waals surface area contributed by atoms with Crippen LogP contribution in [-0.2, 0) is 16.1 Å². The molecule has 17 heavy (non-hydrogen) atoms. The highest BCUT2D eigenvalue weighted by Gasteiger charge is 2.14. The van der Waals surface area contributed by atoms with Crippen LogP contribution in [0, 0.1) is 0 Å². The molecule has 94 valence electrons. The Kier molecular flexibility index (Phi) is 4.84. The number of carboxylic acids is 1. The minimum atomic E-state index is -2.92. The second kappa shape index (κ2) is 6.15. The Bertz CT molecular complexity index is 381. The number of para-hydroxylation sites is 1. The molecule has 1 N–H and O–H groups in total. The zero-order chi connectivity index (χ0) is 12.8. The van der Waals surface area contributed by atoms with Gasteiger partial charge in [0.15, 0.2) is 6.10 Å². The van der Waals surface area contributed by atoms with E-state index in [2.05, 4.69) is 4.74 Å². The molecule has 1 rings (SSSR count). The van der Waals surface area contributed by atoms with E-state index in [-0.39, 0.29) is 12.4 Å². The third-order valence-electron chi connectivity index (χ3n) is 2.03. The van der Waals surface area contributed by atoms with E-state index in [4.69, 9.17) is 9.84 Å². The van der Waals surface area contributed by atoms with E-state index in [9.17, 15) is 13.6 Å². The highest BCUT2D eigenvalue weighted by atomic mass is 19.3. The summed E-state index contributed by atoms with van der Waals surface area (Å²) in [5, 5.41) is 8.60. The van der Waals surface area contributed by atoms with Gasteiger partial charge < -0.3 is 14.6 Å². The molecule has 0 aliphatic heterocycles. The number of benzene rings is 1. The van der Waals surface area contributed by atoms with Crippen molar-refractivity contribution >= 4 is 5.97 Å². The molecule has 0 bridgehead atoms. The lowest BCUT2D eigenvalue weighted by atomic mass is 10.2. The van der Waals surface area contributed by atoms with Crippen molar-refractivity contribution in [1.82, 2.24) is 0 Å². The second-order valence-electron chi connectivity index (χ2n) is 3.28. The average molecular weight is 246 g/mol. The van der Waals surface area contributed by atoms with Crippen LogP contribution in [0.25, 0.3) is 0 Å². The number of hydrogen-bond acceptors (Lipinski definition) is 3. The van der Waals surface area contributed by atoms with Crippen LogP contribution in [0.1, 0.15) is 12.5 Å². The minimum absolute atomic E-state index is 0.0138. The molecule has 1 atom stereocenters. The summed E-state index contributed by atoms with van der Waals surface area (Å²) >= 11 is 0. The highest BCUT2D eigenvalue weighted by Crippen LogP contribution is 2.21. The smallest absolute Gasteiger partial charge is 0.387 e. The van der Waals surface area contributed by atoms with Crippen LogP contribution in [0.2, 0.25) is 0 Å². The predicted molar refractivity (Wildman–Crippen MR) is 55.0 cm³/mol. The van der Waals surface area contributed by atoms with Crippen LogP contribution in [-0.4, -0.2) is 23.8 Å². The van der Waals surface area contributed by atoms with Gasteiger partial charge in [-0.2, -0.15) is 8.78 Å². The molecule has 1 unspecified atom stereocenters. The molecule has 0 aliphatic rings. The Morgan fingerprint density at radius 1 is 1.41 bits per heavy atom. The van der Waals surface area contributed by atoms with Crippen molar-refractivity contribution in [3.8, 4) is 5.75 Å². The lowest BCUT2D eigenvalue weighted by molar-refractivity contribution is -0.150. The number of carbonyl (C=O) groups is 1. The summed E-state index contributed by atoms with van der Waals surface area (Å²) in [7, 11) is 0. The lowest BCUT2D eigenvalue weighted by Crippen LogP contribution is -2.19. The molecular formula is C11H12F2O4. The molecule has 6 heteroatoms. The van der Waals surface area contributed by atoms with Crippen LogP contribution in [0.15, 0.2) is 24.3 Å². The average Bonchev–Trinajstić information content (AvgIpc) is 2.26. The van der Waals surface area contributed by atoms with E-state index in [0.29, 0.717) is 5.56 Å². The Morgan fingerprint density at radius 2 is 2.06 bits per heavy atom. The van der Waals surface area contributed by atoms with Crippen molar-refractivity contribution in [2.24, 2.45) is 0 Å². The first-order chi connectivity index (χ1) is 8.00. The summed E-state index contributed by atoms with van der Waals surface area (Å²) < 4.78 is 33.4. The maximum Gasteiger partial charge on any atom is 0.387 e. The predicted octanol–water partition coefficient (Wildman–Crippen LogP) is 2.28. The maximum absolute atomic E-state index is 12.1. The molecule has 0 fully saturated rings. The normalized spacial score (nSPS) is 12.5. The van der Waals surface area contributed by atoms with Crippen molar-refractivity contribution in [3.05, 3.63) is 29.8 Å². The number of aliphatic carboxylic acids is 1. The molecule has 4 nitrogen and oxygen atoms in total. The van der Waals surface area contributed by atoms with Gasteiger partial charge in [-0.05, 0) is 13.0 Å². The highest BCUT2D eigenvalue weighted by molar-refractivity contribution is 5.71. The van der Waals surface area contributed by atoms with E-state index in [1.165, 1.54) is 19.1 Å².